The van der Waals surface area contributed by atoms with Crippen molar-refractivity contribution in [1.82, 2.24) is 5.32 Å². The Bertz CT molecular complexity index is 275. The van der Waals surface area contributed by atoms with E-state index in [-0.39, 0.29) is 18.1 Å². The van der Waals surface area contributed by atoms with Gasteiger partial charge in [0.25, 0.3) is 5.91 Å². The van der Waals surface area contributed by atoms with Crippen LogP contribution in [0.1, 0.15) is 34.1 Å². The maximum atomic E-state index is 11.6. The number of rotatable bonds is 2. The Morgan fingerprint density at radius 2 is 2.07 bits per heavy atom. The summed E-state index contributed by atoms with van der Waals surface area (Å²) in [7, 11) is 0. The molecule has 0 aliphatic carbocycles. The van der Waals surface area contributed by atoms with Crippen molar-refractivity contribution in [3.05, 3.63) is 0 Å². The molecule has 2 fully saturated rings. The van der Waals surface area contributed by atoms with Crippen LogP contribution in [0, 0.1) is 5.92 Å². The van der Waals surface area contributed by atoms with Crippen LogP contribution < -0.4 is 5.32 Å². The topological polar surface area (TPSA) is 47.6 Å². The Morgan fingerprint density at radius 1 is 1.40 bits per heavy atom. The van der Waals surface area contributed by atoms with E-state index in [4.69, 9.17) is 9.47 Å². The second-order valence-electron chi connectivity index (χ2n) is 5.27. The van der Waals surface area contributed by atoms with Crippen molar-refractivity contribution in [2.75, 3.05) is 0 Å². The summed E-state index contributed by atoms with van der Waals surface area (Å²) in [6, 6.07) is 0.101. The number of nitrogens with one attached hydrogen (secondary N) is 1. The largest absolute Gasteiger partial charge is 0.348 e. The monoisotopic (exact) mass is 213 g/mol. The van der Waals surface area contributed by atoms with Crippen molar-refractivity contribution in [2.24, 2.45) is 5.92 Å². The number of amides is 1. The van der Waals surface area contributed by atoms with E-state index in [0.717, 1.165) is 6.42 Å². The summed E-state index contributed by atoms with van der Waals surface area (Å²) in [6.45, 7) is 7.98. The van der Waals surface area contributed by atoms with Crippen molar-refractivity contribution < 1.29 is 14.3 Å². The highest BCUT2D eigenvalue weighted by Gasteiger charge is 2.53. The molecule has 4 heteroatoms. The molecule has 0 radical (unpaired) electrons. The minimum absolute atomic E-state index is 0.0313. The molecule has 15 heavy (non-hydrogen) atoms. The van der Waals surface area contributed by atoms with Crippen molar-refractivity contribution in [2.45, 2.75) is 58.2 Å². The normalized spacial score (nSPS) is 38.2. The lowest BCUT2D eigenvalue weighted by molar-refractivity contribution is -0.162. The van der Waals surface area contributed by atoms with Crippen molar-refractivity contribution in [3.63, 3.8) is 0 Å². The lowest BCUT2D eigenvalue weighted by atomic mass is 10.00. The van der Waals surface area contributed by atoms with E-state index in [9.17, 15) is 4.79 Å². The van der Waals surface area contributed by atoms with Crippen LogP contribution in [0.5, 0.6) is 0 Å². The van der Waals surface area contributed by atoms with E-state index in [1.807, 2.05) is 13.8 Å². The van der Waals surface area contributed by atoms with E-state index in [2.05, 4.69) is 19.2 Å². The number of hydrogen-bond donors (Lipinski definition) is 1. The predicted octanol–water partition coefficient (Wildman–Crippen LogP) is 1.05. The summed E-state index contributed by atoms with van der Waals surface area (Å²) in [5, 5.41) is 2.94. The molecular formula is C11H19NO3. The van der Waals surface area contributed by atoms with Crippen LogP contribution in [-0.4, -0.2) is 29.9 Å². The van der Waals surface area contributed by atoms with Crippen LogP contribution in [0.4, 0.5) is 0 Å². The van der Waals surface area contributed by atoms with E-state index < -0.39 is 11.9 Å². The molecule has 2 aliphatic rings. The summed E-state index contributed by atoms with van der Waals surface area (Å²) < 4.78 is 11.3. The van der Waals surface area contributed by atoms with Gasteiger partial charge in [-0.25, -0.2) is 0 Å². The van der Waals surface area contributed by atoms with Crippen LogP contribution in [0.2, 0.25) is 0 Å². The Balaban J connectivity index is 2.09. The average molecular weight is 213 g/mol. The molecule has 1 amide bonds. The van der Waals surface area contributed by atoms with Crippen molar-refractivity contribution in [1.29, 1.82) is 0 Å². The fourth-order valence-corrected chi connectivity index (χ4v) is 2.33. The number of hydrogen-bond acceptors (Lipinski definition) is 3. The van der Waals surface area contributed by atoms with E-state index in [1.165, 1.54) is 0 Å². The van der Waals surface area contributed by atoms with Gasteiger partial charge in [-0.2, -0.15) is 0 Å². The SMILES string of the molecule is CC(C)C[C@@H]1NC(=O)[C@H]2OC(C)(C)O[C@@H]12. The third-order valence-corrected chi connectivity index (χ3v) is 2.84. The lowest BCUT2D eigenvalue weighted by Gasteiger charge is -2.22. The van der Waals surface area contributed by atoms with Crippen LogP contribution in [0.15, 0.2) is 0 Å². The molecule has 2 saturated heterocycles. The van der Waals surface area contributed by atoms with Gasteiger partial charge in [-0.1, -0.05) is 13.8 Å². The molecule has 4 nitrogen and oxygen atoms in total. The van der Waals surface area contributed by atoms with E-state index >= 15 is 0 Å². The average Bonchev–Trinajstić information content (AvgIpc) is 2.49. The second kappa shape index (κ2) is 3.46. The van der Waals surface area contributed by atoms with Crippen LogP contribution in [0.25, 0.3) is 0 Å². The van der Waals surface area contributed by atoms with Gasteiger partial charge in [0.05, 0.1) is 6.04 Å². The van der Waals surface area contributed by atoms with Crippen LogP contribution in [-0.2, 0) is 14.3 Å². The van der Waals surface area contributed by atoms with Crippen LogP contribution >= 0.6 is 0 Å². The molecule has 2 aliphatic heterocycles. The van der Waals surface area contributed by atoms with Gasteiger partial charge in [0.15, 0.2) is 11.9 Å². The molecule has 3 atom stereocenters. The zero-order valence-corrected chi connectivity index (χ0v) is 9.74. The van der Waals surface area contributed by atoms with Gasteiger partial charge >= 0.3 is 0 Å². The summed E-state index contributed by atoms with van der Waals surface area (Å²) >= 11 is 0. The molecule has 0 saturated carbocycles. The maximum absolute atomic E-state index is 11.6. The molecule has 0 aromatic rings. The van der Waals surface area contributed by atoms with Crippen molar-refractivity contribution >= 4 is 5.91 Å². The standard InChI is InChI=1S/C11H19NO3/c1-6(2)5-7-8-9(10(13)12-7)15-11(3,4)14-8/h6-9H,5H2,1-4H3,(H,12,13)/t7-,8-,9-/m0/s1. The maximum Gasteiger partial charge on any atom is 0.252 e. The molecule has 86 valence electrons. The first-order chi connectivity index (χ1) is 6.89. The van der Waals surface area contributed by atoms with Gasteiger partial charge in [0, 0.05) is 0 Å². The number of ether oxygens (including phenoxy) is 2. The first kappa shape index (κ1) is 10.9. The van der Waals surface area contributed by atoms with Gasteiger partial charge in [-0.05, 0) is 26.2 Å². The van der Waals surface area contributed by atoms with E-state index in [1.54, 1.807) is 0 Å². The fraction of sp³-hybridized carbons (Fsp3) is 0.909. The molecule has 2 heterocycles. The lowest BCUT2D eigenvalue weighted by Crippen LogP contribution is -2.37. The first-order valence-electron chi connectivity index (χ1n) is 5.55. The molecule has 1 N–H and O–H groups in total. The number of carbonyl (C=O) groups is 1. The highest BCUT2D eigenvalue weighted by atomic mass is 16.8. The Hall–Kier alpha value is -0.610. The minimum Gasteiger partial charge on any atom is -0.348 e. The second-order valence-corrected chi connectivity index (χ2v) is 5.27. The zero-order chi connectivity index (χ0) is 11.2. The molecule has 0 unspecified atom stereocenters. The van der Waals surface area contributed by atoms with Crippen LogP contribution in [0.3, 0.4) is 0 Å². The van der Waals surface area contributed by atoms with Crippen molar-refractivity contribution in [3.8, 4) is 0 Å². The molecule has 0 aromatic heterocycles. The third kappa shape index (κ3) is 2.01. The van der Waals surface area contributed by atoms with Gasteiger partial charge in [-0.3, -0.25) is 4.79 Å². The zero-order valence-electron chi connectivity index (χ0n) is 9.74. The number of carbonyl (C=O) groups excluding carboxylic acids is 1. The Morgan fingerprint density at radius 3 is 2.67 bits per heavy atom. The molecule has 0 aromatic carbocycles. The molecule has 0 spiro atoms. The highest BCUT2D eigenvalue weighted by molar-refractivity contribution is 5.85. The minimum atomic E-state index is -0.623. The summed E-state index contributed by atoms with van der Waals surface area (Å²) in [5.41, 5.74) is 0. The summed E-state index contributed by atoms with van der Waals surface area (Å²) in [6.07, 6.45) is 0.408. The smallest absolute Gasteiger partial charge is 0.252 e. The first-order valence-corrected chi connectivity index (χ1v) is 5.55. The predicted molar refractivity (Wildman–Crippen MR) is 55.2 cm³/mol. The highest BCUT2D eigenvalue weighted by Crippen LogP contribution is 2.34. The van der Waals surface area contributed by atoms with Gasteiger partial charge < -0.3 is 14.8 Å². The quantitative estimate of drug-likeness (QED) is 0.746. The van der Waals surface area contributed by atoms with E-state index in [0.29, 0.717) is 5.92 Å². The number of fused-ring (bicyclic) bond motifs is 1. The summed E-state index contributed by atoms with van der Waals surface area (Å²) in [5.74, 6) is -0.111. The van der Waals surface area contributed by atoms with Gasteiger partial charge in [0.1, 0.15) is 6.10 Å². The van der Waals surface area contributed by atoms with Gasteiger partial charge in [0.2, 0.25) is 0 Å². The molecular weight excluding hydrogens is 194 g/mol. The molecule has 2 rings (SSSR count). The Labute approximate surface area is 90.3 Å². The molecule has 0 bridgehead atoms. The fourth-order valence-electron chi connectivity index (χ4n) is 2.33. The third-order valence-electron chi connectivity index (χ3n) is 2.84. The summed E-state index contributed by atoms with van der Waals surface area (Å²) in [4.78, 5) is 11.6. The van der Waals surface area contributed by atoms with Gasteiger partial charge in [-0.15, -0.1) is 0 Å². The Kier molecular flexibility index (Phi) is 2.51.